The average molecular weight is 505 g/mol. The van der Waals surface area contributed by atoms with Crippen molar-refractivity contribution in [1.29, 1.82) is 0 Å². The van der Waals surface area contributed by atoms with E-state index in [0.717, 1.165) is 54.9 Å². The predicted octanol–water partition coefficient (Wildman–Crippen LogP) is 6.54. The molecule has 0 saturated heterocycles. The summed E-state index contributed by atoms with van der Waals surface area (Å²) in [7, 11) is 0. The Kier molecular flexibility index (Phi) is 6.28. The molecule has 32 heavy (non-hydrogen) atoms. The molecule has 0 bridgehead atoms. The molecule has 1 aliphatic carbocycles. The first-order chi connectivity index (χ1) is 15.5. The van der Waals surface area contributed by atoms with Crippen molar-refractivity contribution in [3.05, 3.63) is 51.8 Å². The molecule has 4 nitrogen and oxygen atoms in total. The maximum atomic E-state index is 13.2. The summed E-state index contributed by atoms with van der Waals surface area (Å²) in [4.78, 5) is 4.55. The van der Waals surface area contributed by atoms with Crippen molar-refractivity contribution in [2.75, 3.05) is 18.0 Å². The first-order valence-corrected chi connectivity index (χ1v) is 12.7. The summed E-state index contributed by atoms with van der Waals surface area (Å²) in [5.41, 5.74) is 5.56. The number of fused-ring (bicyclic) bond motifs is 2. The van der Waals surface area contributed by atoms with Crippen LogP contribution in [0, 0.1) is 0 Å². The van der Waals surface area contributed by atoms with E-state index in [1.165, 1.54) is 48.9 Å². The number of alkyl halides is 2. The van der Waals surface area contributed by atoms with Gasteiger partial charge in [-0.2, -0.15) is 5.10 Å². The summed E-state index contributed by atoms with van der Waals surface area (Å²) in [6.07, 6.45) is 8.54. The van der Waals surface area contributed by atoms with Gasteiger partial charge in [-0.3, -0.25) is 4.68 Å². The zero-order valence-electron chi connectivity index (χ0n) is 18.5. The largest absolute Gasteiger partial charge is 0.373 e. The predicted molar refractivity (Wildman–Crippen MR) is 128 cm³/mol. The number of benzene rings is 1. The van der Waals surface area contributed by atoms with Crippen molar-refractivity contribution >= 4 is 27.4 Å². The normalized spacial score (nSPS) is 19.2. The van der Waals surface area contributed by atoms with Gasteiger partial charge >= 0.3 is 0 Å². The summed E-state index contributed by atoms with van der Waals surface area (Å²) in [6.45, 7) is 6.64. The Balaban J connectivity index is 1.59. The van der Waals surface area contributed by atoms with Crippen LogP contribution in [0.15, 0.2) is 29.4 Å². The maximum Gasteiger partial charge on any atom is 0.242 e. The molecular formula is C25H31BrF2N4. The van der Waals surface area contributed by atoms with Gasteiger partial charge in [0.25, 0.3) is 0 Å². The van der Waals surface area contributed by atoms with Crippen molar-refractivity contribution in [2.45, 2.75) is 76.8 Å². The Hall–Kier alpha value is -1.89. The molecule has 1 aromatic carbocycles. The van der Waals surface area contributed by atoms with Gasteiger partial charge < -0.3 is 9.80 Å². The van der Waals surface area contributed by atoms with Gasteiger partial charge in [0.2, 0.25) is 6.43 Å². The molecule has 5 rings (SSSR count). The van der Waals surface area contributed by atoms with Gasteiger partial charge in [0.15, 0.2) is 5.82 Å². The lowest BCUT2D eigenvalue weighted by atomic mass is 9.95. The van der Waals surface area contributed by atoms with Crippen LogP contribution in [-0.4, -0.2) is 34.2 Å². The summed E-state index contributed by atoms with van der Waals surface area (Å²) < 4.78 is 29.5. The molecule has 172 valence electrons. The molecule has 0 spiro atoms. The minimum atomic E-state index is -2.36. The van der Waals surface area contributed by atoms with Gasteiger partial charge in [-0.1, -0.05) is 41.8 Å². The first kappa shape index (κ1) is 21.9. The molecule has 2 aromatic rings. The second kappa shape index (κ2) is 9.16. The van der Waals surface area contributed by atoms with E-state index in [9.17, 15) is 8.78 Å². The quantitative estimate of drug-likeness (QED) is 0.461. The molecule has 1 fully saturated rings. The van der Waals surface area contributed by atoms with Crippen molar-refractivity contribution in [3.8, 4) is 0 Å². The van der Waals surface area contributed by atoms with Gasteiger partial charge in [0.1, 0.15) is 0 Å². The van der Waals surface area contributed by atoms with Gasteiger partial charge in [-0.15, -0.1) is 0 Å². The standard InChI is InChI=1S/C25H31BrF2N4/c1-2-30-12-10-22-20(16-30)25(29-32(22)19-8-4-3-5-9-19)31-11-6-7-17-13-21(26)18(14-23(17)31)15-24(27)28/h2,13-14,19,24H,1,3-12,15-16H2. The molecule has 0 atom stereocenters. The van der Waals surface area contributed by atoms with Crippen molar-refractivity contribution in [3.63, 3.8) is 0 Å². The van der Waals surface area contributed by atoms with Crippen LogP contribution in [0.1, 0.15) is 67.0 Å². The van der Waals surface area contributed by atoms with Crippen molar-refractivity contribution < 1.29 is 8.78 Å². The molecule has 0 unspecified atom stereocenters. The lowest BCUT2D eigenvalue weighted by Gasteiger charge is -2.33. The summed E-state index contributed by atoms with van der Waals surface area (Å²) in [6, 6.07) is 4.48. The Morgan fingerprint density at radius 1 is 1.12 bits per heavy atom. The number of hydrogen-bond acceptors (Lipinski definition) is 3. The van der Waals surface area contributed by atoms with Crippen molar-refractivity contribution in [2.24, 2.45) is 0 Å². The molecule has 1 aromatic heterocycles. The highest BCUT2D eigenvalue weighted by Gasteiger charge is 2.32. The second-order valence-corrected chi connectivity index (χ2v) is 10.2. The number of aromatic nitrogens is 2. The molecule has 1 saturated carbocycles. The van der Waals surface area contributed by atoms with Gasteiger partial charge in [-0.25, -0.2) is 8.78 Å². The average Bonchev–Trinajstić information content (AvgIpc) is 3.18. The smallest absolute Gasteiger partial charge is 0.242 e. The minimum absolute atomic E-state index is 0.236. The summed E-state index contributed by atoms with van der Waals surface area (Å²) >= 11 is 3.52. The highest BCUT2D eigenvalue weighted by Crippen LogP contribution is 2.42. The van der Waals surface area contributed by atoms with Gasteiger partial charge in [0, 0.05) is 53.9 Å². The Morgan fingerprint density at radius 2 is 1.94 bits per heavy atom. The number of aryl methyl sites for hydroxylation is 1. The van der Waals surface area contributed by atoms with Gasteiger partial charge in [-0.05, 0) is 55.1 Å². The highest BCUT2D eigenvalue weighted by molar-refractivity contribution is 9.10. The van der Waals surface area contributed by atoms with Crippen LogP contribution in [0.4, 0.5) is 20.3 Å². The van der Waals surface area contributed by atoms with Crippen molar-refractivity contribution in [1.82, 2.24) is 14.7 Å². The maximum absolute atomic E-state index is 13.2. The number of anilines is 2. The minimum Gasteiger partial charge on any atom is -0.373 e. The Morgan fingerprint density at radius 3 is 2.69 bits per heavy atom. The second-order valence-electron chi connectivity index (χ2n) is 9.31. The first-order valence-electron chi connectivity index (χ1n) is 11.9. The molecule has 0 N–H and O–H groups in total. The number of nitrogens with zero attached hydrogens (tertiary/aromatic N) is 4. The SMILES string of the molecule is C=CN1CCc2c(c(N3CCCc4cc(Br)c(CC(F)F)cc43)nn2C2CCCCC2)C1. The fourth-order valence-corrected chi connectivity index (χ4v) is 6.19. The number of halogens is 3. The van der Waals surface area contributed by atoms with Gasteiger partial charge in [0.05, 0.1) is 6.04 Å². The highest BCUT2D eigenvalue weighted by atomic mass is 79.9. The lowest BCUT2D eigenvalue weighted by molar-refractivity contribution is 0.149. The fraction of sp³-hybridized carbons (Fsp3) is 0.560. The van der Waals surface area contributed by atoms with E-state index < -0.39 is 6.43 Å². The topological polar surface area (TPSA) is 24.3 Å². The zero-order valence-corrected chi connectivity index (χ0v) is 20.1. The molecular weight excluding hydrogens is 474 g/mol. The molecule has 7 heteroatoms. The van der Waals surface area contributed by atoms with E-state index in [0.29, 0.717) is 11.6 Å². The van der Waals surface area contributed by atoms with E-state index in [2.05, 4.69) is 37.0 Å². The molecule has 3 aliphatic rings. The third-order valence-electron chi connectivity index (χ3n) is 7.27. The third kappa shape index (κ3) is 4.09. The zero-order chi connectivity index (χ0) is 22.2. The van der Waals surface area contributed by atoms with E-state index in [1.54, 1.807) is 0 Å². The Bertz CT molecular complexity index is 996. The number of rotatable bonds is 5. The third-order valence-corrected chi connectivity index (χ3v) is 8.01. The lowest BCUT2D eigenvalue weighted by Crippen LogP contribution is -2.30. The fourth-order valence-electron chi connectivity index (χ4n) is 5.64. The van der Waals surface area contributed by atoms with E-state index in [-0.39, 0.29) is 6.42 Å². The molecule has 0 radical (unpaired) electrons. The van der Waals surface area contributed by atoms with E-state index in [1.807, 2.05) is 18.3 Å². The monoisotopic (exact) mass is 504 g/mol. The Labute approximate surface area is 197 Å². The van der Waals surface area contributed by atoms with E-state index >= 15 is 0 Å². The van der Waals surface area contributed by atoms with Crippen LogP contribution in [0.5, 0.6) is 0 Å². The molecule has 2 aliphatic heterocycles. The van der Waals surface area contributed by atoms with Crippen LogP contribution < -0.4 is 4.90 Å². The molecule has 3 heterocycles. The van der Waals surface area contributed by atoms with E-state index in [4.69, 9.17) is 5.10 Å². The molecule has 0 amide bonds. The summed E-state index contributed by atoms with van der Waals surface area (Å²) in [5, 5.41) is 5.24. The summed E-state index contributed by atoms with van der Waals surface area (Å²) in [5.74, 6) is 1.02. The number of hydrogen-bond donors (Lipinski definition) is 0. The van der Waals surface area contributed by atoms with Crippen LogP contribution >= 0.6 is 15.9 Å². The van der Waals surface area contributed by atoms with Crippen LogP contribution in [-0.2, 0) is 25.8 Å². The van der Waals surface area contributed by atoms with Crippen LogP contribution in [0.25, 0.3) is 0 Å². The van der Waals surface area contributed by atoms with Crippen LogP contribution in [0.3, 0.4) is 0 Å². The van der Waals surface area contributed by atoms with Crippen LogP contribution in [0.2, 0.25) is 0 Å².